The zero-order valence-electron chi connectivity index (χ0n) is 11.5. The number of rotatable bonds is 4. The minimum atomic E-state index is -3.36. The maximum atomic E-state index is 12.5. The number of fused-ring (bicyclic) bond motifs is 5. The van der Waals surface area contributed by atoms with Crippen LogP contribution >= 0.6 is 11.3 Å². The quantitative estimate of drug-likeness (QED) is 0.891. The van der Waals surface area contributed by atoms with Crippen molar-refractivity contribution in [2.75, 3.05) is 0 Å². The summed E-state index contributed by atoms with van der Waals surface area (Å²) in [5.41, 5.74) is 6.62. The molecule has 3 aliphatic rings. The second-order valence-corrected chi connectivity index (χ2v) is 9.59. The molecule has 110 valence electrons. The molecule has 4 atom stereocenters. The van der Waals surface area contributed by atoms with Gasteiger partial charge in [0, 0.05) is 17.5 Å². The maximum Gasteiger partial charge on any atom is 0.250 e. The summed E-state index contributed by atoms with van der Waals surface area (Å²) in [4.78, 5) is 0.960. The van der Waals surface area contributed by atoms with Gasteiger partial charge in [0.25, 0.3) is 0 Å². The minimum absolute atomic E-state index is 0.204. The van der Waals surface area contributed by atoms with Gasteiger partial charge in [-0.1, -0.05) is 0 Å². The average Bonchev–Trinajstić information content (AvgIpc) is 2.81. The predicted octanol–water partition coefficient (Wildman–Crippen LogP) is 1.84. The van der Waals surface area contributed by atoms with Gasteiger partial charge in [-0.3, -0.25) is 0 Å². The van der Waals surface area contributed by atoms with E-state index < -0.39 is 10.0 Å². The highest BCUT2D eigenvalue weighted by atomic mass is 32.2. The Morgan fingerprint density at radius 2 is 2.00 bits per heavy atom. The molecular formula is C14H20N2O2S2. The largest absolute Gasteiger partial charge is 0.326 e. The Hall–Kier alpha value is -0.430. The Kier molecular flexibility index (Phi) is 2.84. The molecule has 20 heavy (non-hydrogen) atoms. The van der Waals surface area contributed by atoms with Gasteiger partial charge < -0.3 is 5.73 Å². The molecule has 4 nitrogen and oxygen atoms in total. The van der Waals surface area contributed by atoms with Gasteiger partial charge in [-0.05, 0) is 61.5 Å². The highest BCUT2D eigenvalue weighted by Gasteiger charge is 2.65. The van der Waals surface area contributed by atoms with Crippen LogP contribution in [-0.4, -0.2) is 14.5 Å². The summed E-state index contributed by atoms with van der Waals surface area (Å²) >= 11 is 1.31. The summed E-state index contributed by atoms with van der Waals surface area (Å²) in [5.74, 6) is 2.81. The molecule has 3 saturated carbocycles. The number of nitrogens with one attached hydrogen (secondary N) is 1. The zero-order valence-corrected chi connectivity index (χ0v) is 13.1. The van der Waals surface area contributed by atoms with Crippen molar-refractivity contribution in [1.29, 1.82) is 0 Å². The van der Waals surface area contributed by atoms with E-state index in [0.29, 0.717) is 22.6 Å². The van der Waals surface area contributed by atoms with E-state index in [9.17, 15) is 8.42 Å². The van der Waals surface area contributed by atoms with Gasteiger partial charge in [0.05, 0.1) is 0 Å². The summed E-state index contributed by atoms with van der Waals surface area (Å²) in [7, 11) is -3.36. The summed E-state index contributed by atoms with van der Waals surface area (Å²) < 4.78 is 28.4. The van der Waals surface area contributed by atoms with Crippen LogP contribution in [-0.2, 0) is 16.6 Å². The van der Waals surface area contributed by atoms with Gasteiger partial charge in [0.15, 0.2) is 0 Å². The molecule has 1 heterocycles. The third-order valence-corrected chi connectivity index (χ3v) is 8.67. The van der Waals surface area contributed by atoms with Crippen molar-refractivity contribution in [3.05, 3.63) is 16.5 Å². The molecule has 3 N–H and O–H groups in total. The van der Waals surface area contributed by atoms with Gasteiger partial charge >= 0.3 is 0 Å². The van der Waals surface area contributed by atoms with Crippen molar-refractivity contribution in [1.82, 2.24) is 4.72 Å². The second-order valence-electron chi connectivity index (χ2n) is 6.51. The van der Waals surface area contributed by atoms with Crippen LogP contribution in [0.5, 0.6) is 0 Å². The molecule has 0 amide bonds. The average molecular weight is 312 g/mol. The lowest BCUT2D eigenvalue weighted by Gasteiger charge is -2.10. The highest BCUT2D eigenvalue weighted by Crippen LogP contribution is 2.65. The Morgan fingerprint density at radius 3 is 2.55 bits per heavy atom. The lowest BCUT2D eigenvalue weighted by Crippen LogP contribution is -2.29. The fourth-order valence-corrected chi connectivity index (χ4v) is 7.33. The van der Waals surface area contributed by atoms with E-state index in [1.165, 1.54) is 30.6 Å². The smallest absolute Gasteiger partial charge is 0.250 e. The normalized spacial score (nSPS) is 38.2. The standard InChI is InChI=1S/C14H20N2O2S2/c1-7-4-11(19-10(7)6-15)20(17,18)16-14-12-8-2-3-9(5-8)13(12)14/h4,8-9,12-14,16H,2-3,5-6,15H2,1H3. The first kappa shape index (κ1) is 13.2. The molecule has 1 aromatic heterocycles. The van der Waals surface area contributed by atoms with Crippen LogP contribution in [0.4, 0.5) is 0 Å². The number of aryl methyl sites for hydroxylation is 1. The summed E-state index contributed by atoms with van der Waals surface area (Å²) in [6.07, 6.45) is 3.95. The topological polar surface area (TPSA) is 72.2 Å². The maximum absolute atomic E-state index is 12.5. The van der Waals surface area contributed by atoms with E-state index in [1.54, 1.807) is 6.07 Å². The number of hydrogen-bond acceptors (Lipinski definition) is 4. The minimum Gasteiger partial charge on any atom is -0.326 e. The van der Waals surface area contributed by atoms with Crippen LogP contribution in [0.3, 0.4) is 0 Å². The lowest BCUT2D eigenvalue weighted by atomic mass is 10.0. The third kappa shape index (κ3) is 1.81. The Morgan fingerprint density at radius 1 is 1.35 bits per heavy atom. The van der Waals surface area contributed by atoms with Crippen molar-refractivity contribution in [3.63, 3.8) is 0 Å². The first-order valence-electron chi connectivity index (χ1n) is 7.33. The van der Waals surface area contributed by atoms with Gasteiger partial charge in [0.1, 0.15) is 4.21 Å². The van der Waals surface area contributed by atoms with Crippen molar-refractivity contribution < 1.29 is 8.42 Å². The number of sulfonamides is 1. The SMILES string of the molecule is Cc1cc(S(=O)(=O)NC2C3C4CCC(C4)C23)sc1CN. The zero-order chi connectivity index (χ0) is 14.1. The fourth-order valence-electron chi connectivity index (χ4n) is 4.54. The van der Waals surface area contributed by atoms with Crippen LogP contribution in [0.2, 0.25) is 0 Å². The fraction of sp³-hybridized carbons (Fsp3) is 0.714. The van der Waals surface area contributed by atoms with Crippen LogP contribution in [0, 0.1) is 30.6 Å². The van der Waals surface area contributed by atoms with E-state index in [1.807, 2.05) is 6.92 Å². The Labute approximate surface area is 123 Å². The van der Waals surface area contributed by atoms with Crippen LogP contribution in [0.15, 0.2) is 10.3 Å². The third-order valence-electron chi connectivity index (χ3n) is 5.47. The van der Waals surface area contributed by atoms with Crippen molar-refractivity contribution in [3.8, 4) is 0 Å². The first-order chi connectivity index (χ1) is 9.51. The van der Waals surface area contributed by atoms with Gasteiger partial charge in [-0.2, -0.15) is 0 Å². The van der Waals surface area contributed by atoms with Gasteiger partial charge in [-0.25, -0.2) is 13.1 Å². The van der Waals surface area contributed by atoms with Gasteiger partial charge in [-0.15, -0.1) is 11.3 Å². The van der Waals surface area contributed by atoms with Gasteiger partial charge in [0.2, 0.25) is 10.0 Å². The molecule has 1 aromatic rings. The van der Waals surface area contributed by atoms with Crippen molar-refractivity contribution in [2.45, 2.75) is 43.0 Å². The molecular weight excluding hydrogens is 292 g/mol. The Bertz CT molecular complexity index is 636. The van der Waals surface area contributed by atoms with Crippen LogP contribution < -0.4 is 10.5 Å². The molecule has 0 aliphatic heterocycles. The predicted molar refractivity (Wildman–Crippen MR) is 78.9 cm³/mol. The second kappa shape index (κ2) is 4.29. The molecule has 4 unspecified atom stereocenters. The molecule has 2 bridgehead atoms. The van der Waals surface area contributed by atoms with Crippen LogP contribution in [0.25, 0.3) is 0 Å². The summed E-state index contributed by atoms with van der Waals surface area (Å²) in [6, 6.07) is 1.96. The van der Waals surface area contributed by atoms with E-state index in [0.717, 1.165) is 22.3 Å². The molecule has 3 aliphatic carbocycles. The molecule has 0 radical (unpaired) electrons. The monoisotopic (exact) mass is 312 g/mol. The molecule has 4 rings (SSSR count). The lowest BCUT2D eigenvalue weighted by molar-refractivity contribution is 0.456. The first-order valence-corrected chi connectivity index (χ1v) is 9.63. The number of thiophene rings is 1. The van der Waals surface area contributed by atoms with Crippen LogP contribution in [0.1, 0.15) is 29.7 Å². The molecule has 3 fully saturated rings. The molecule has 0 saturated heterocycles. The van der Waals surface area contributed by atoms with Crippen molar-refractivity contribution >= 4 is 21.4 Å². The summed E-state index contributed by atoms with van der Waals surface area (Å²) in [6.45, 7) is 2.33. The Balaban J connectivity index is 1.53. The van der Waals surface area contributed by atoms with E-state index in [2.05, 4.69) is 4.72 Å². The highest BCUT2D eigenvalue weighted by molar-refractivity contribution is 7.91. The molecule has 0 spiro atoms. The molecule has 6 heteroatoms. The summed E-state index contributed by atoms with van der Waals surface area (Å²) in [5, 5.41) is 0. The molecule has 0 aromatic carbocycles. The number of hydrogen-bond donors (Lipinski definition) is 2. The van der Waals surface area contributed by atoms with Crippen molar-refractivity contribution in [2.24, 2.45) is 29.4 Å². The van der Waals surface area contributed by atoms with E-state index in [-0.39, 0.29) is 6.04 Å². The van der Waals surface area contributed by atoms with E-state index >= 15 is 0 Å². The van der Waals surface area contributed by atoms with E-state index in [4.69, 9.17) is 5.73 Å². The number of nitrogens with two attached hydrogens (primary N) is 1.